The van der Waals surface area contributed by atoms with Crippen molar-refractivity contribution in [2.45, 2.75) is 32.8 Å². The summed E-state index contributed by atoms with van der Waals surface area (Å²) in [6, 6.07) is 14.1. The number of rotatable bonds is 6. The van der Waals surface area contributed by atoms with E-state index in [9.17, 15) is 4.79 Å². The first-order chi connectivity index (χ1) is 10.1. The molecule has 0 fully saturated rings. The smallest absolute Gasteiger partial charge is 0.306 e. The highest BCUT2D eigenvalue weighted by atomic mass is 16.5. The Morgan fingerprint density at radius 3 is 2.62 bits per heavy atom. The molecule has 0 spiro atoms. The Bertz CT molecular complexity index is 601. The van der Waals surface area contributed by atoms with Crippen LogP contribution >= 0.6 is 0 Å². The lowest BCUT2D eigenvalue weighted by molar-refractivity contribution is -0.149. The van der Waals surface area contributed by atoms with Crippen molar-refractivity contribution in [2.75, 3.05) is 6.61 Å². The quantitative estimate of drug-likeness (QED) is 0.820. The van der Waals surface area contributed by atoms with E-state index in [0.717, 1.165) is 16.3 Å². The van der Waals surface area contributed by atoms with Crippen molar-refractivity contribution in [1.82, 2.24) is 0 Å². The Balaban J connectivity index is 2.08. The van der Waals surface area contributed by atoms with Crippen LogP contribution in [0.5, 0.6) is 0 Å². The van der Waals surface area contributed by atoms with Crippen LogP contribution in [0.3, 0.4) is 0 Å². The molecule has 0 aromatic heterocycles. The minimum Gasteiger partial charge on any atom is -0.458 e. The molecule has 2 atom stereocenters. The molecule has 0 aliphatic heterocycles. The van der Waals surface area contributed by atoms with Crippen LogP contribution in [0.1, 0.15) is 38.4 Å². The molecule has 3 nitrogen and oxygen atoms in total. The first-order valence-corrected chi connectivity index (χ1v) is 7.39. The standard InChI is InChI=1S/C18H22O3/c1-13(10-11-19)12-18(20)21-14(2)16-9-5-7-15-6-3-4-8-17(15)16/h3-9,13-14,19H,10-12H2,1-2H3/t13-,14-/m1/s1. The Kier molecular flexibility index (Phi) is 5.34. The van der Waals surface area contributed by atoms with E-state index in [-0.39, 0.29) is 24.6 Å². The lowest BCUT2D eigenvalue weighted by Gasteiger charge is -2.17. The van der Waals surface area contributed by atoms with Crippen LogP contribution in [-0.2, 0) is 9.53 Å². The van der Waals surface area contributed by atoms with E-state index in [1.54, 1.807) is 0 Å². The molecule has 0 aliphatic carbocycles. The zero-order chi connectivity index (χ0) is 15.2. The maximum Gasteiger partial charge on any atom is 0.306 e. The Labute approximate surface area is 125 Å². The van der Waals surface area contributed by atoms with E-state index in [4.69, 9.17) is 9.84 Å². The number of fused-ring (bicyclic) bond motifs is 1. The van der Waals surface area contributed by atoms with Gasteiger partial charge in [-0.25, -0.2) is 0 Å². The van der Waals surface area contributed by atoms with E-state index in [2.05, 4.69) is 12.1 Å². The number of aliphatic hydroxyl groups is 1. The fraction of sp³-hybridized carbons (Fsp3) is 0.389. The normalized spacial score (nSPS) is 13.9. The van der Waals surface area contributed by atoms with Crippen LogP contribution in [-0.4, -0.2) is 17.7 Å². The highest BCUT2D eigenvalue weighted by molar-refractivity contribution is 5.86. The number of ether oxygens (including phenoxy) is 1. The molecule has 1 N–H and O–H groups in total. The number of carbonyl (C=O) groups is 1. The van der Waals surface area contributed by atoms with Crippen molar-refractivity contribution >= 4 is 16.7 Å². The van der Waals surface area contributed by atoms with E-state index >= 15 is 0 Å². The molecule has 0 bridgehead atoms. The molecule has 0 saturated carbocycles. The number of esters is 1. The number of hydrogen-bond donors (Lipinski definition) is 1. The first-order valence-electron chi connectivity index (χ1n) is 7.39. The summed E-state index contributed by atoms with van der Waals surface area (Å²) in [7, 11) is 0. The van der Waals surface area contributed by atoms with E-state index in [1.165, 1.54) is 0 Å². The van der Waals surface area contributed by atoms with Crippen LogP contribution in [0, 0.1) is 5.92 Å². The third-order valence-electron chi connectivity index (χ3n) is 3.71. The summed E-state index contributed by atoms with van der Waals surface area (Å²) in [5.41, 5.74) is 1.02. The molecule has 0 saturated heterocycles. The van der Waals surface area contributed by atoms with Gasteiger partial charge in [-0.15, -0.1) is 0 Å². The molecular weight excluding hydrogens is 264 g/mol. The maximum absolute atomic E-state index is 11.9. The van der Waals surface area contributed by atoms with Crippen LogP contribution in [0.25, 0.3) is 10.8 Å². The zero-order valence-electron chi connectivity index (χ0n) is 12.6. The molecule has 112 valence electrons. The van der Waals surface area contributed by atoms with Crippen molar-refractivity contribution in [3.63, 3.8) is 0 Å². The Hall–Kier alpha value is -1.87. The fourth-order valence-corrected chi connectivity index (χ4v) is 2.52. The predicted molar refractivity (Wildman–Crippen MR) is 83.9 cm³/mol. The summed E-state index contributed by atoms with van der Waals surface area (Å²) < 4.78 is 5.54. The van der Waals surface area contributed by atoms with Gasteiger partial charge < -0.3 is 9.84 Å². The second-order valence-corrected chi connectivity index (χ2v) is 5.52. The van der Waals surface area contributed by atoms with Crippen molar-refractivity contribution in [3.05, 3.63) is 48.0 Å². The van der Waals surface area contributed by atoms with Gasteiger partial charge in [-0.2, -0.15) is 0 Å². The molecule has 0 heterocycles. The summed E-state index contributed by atoms with van der Waals surface area (Å²) in [5, 5.41) is 11.1. The van der Waals surface area contributed by atoms with E-state index in [0.29, 0.717) is 12.8 Å². The van der Waals surface area contributed by atoms with Gasteiger partial charge in [0.1, 0.15) is 6.10 Å². The van der Waals surface area contributed by atoms with Crippen molar-refractivity contribution < 1.29 is 14.6 Å². The molecule has 2 aromatic carbocycles. The molecule has 2 rings (SSSR count). The zero-order valence-corrected chi connectivity index (χ0v) is 12.6. The Morgan fingerprint density at radius 1 is 1.14 bits per heavy atom. The SMILES string of the molecule is C[C@H](CCO)CC(=O)O[C@H](C)c1cccc2ccccc12. The first kappa shape index (κ1) is 15.5. The molecule has 0 amide bonds. The van der Waals surface area contributed by atoms with Crippen LogP contribution in [0.2, 0.25) is 0 Å². The summed E-state index contributed by atoms with van der Waals surface area (Å²) in [6.45, 7) is 3.95. The van der Waals surface area contributed by atoms with Crippen molar-refractivity contribution in [1.29, 1.82) is 0 Å². The van der Waals surface area contributed by atoms with Crippen LogP contribution < -0.4 is 0 Å². The second-order valence-electron chi connectivity index (χ2n) is 5.52. The number of carbonyl (C=O) groups excluding carboxylic acids is 1. The van der Waals surface area contributed by atoms with Gasteiger partial charge in [0.2, 0.25) is 0 Å². The van der Waals surface area contributed by atoms with E-state index < -0.39 is 0 Å². The molecular formula is C18H22O3. The number of hydrogen-bond acceptors (Lipinski definition) is 3. The molecule has 3 heteroatoms. The van der Waals surface area contributed by atoms with Gasteiger partial charge in [-0.3, -0.25) is 4.79 Å². The number of aliphatic hydroxyl groups excluding tert-OH is 1. The highest BCUT2D eigenvalue weighted by Gasteiger charge is 2.16. The minimum atomic E-state index is -0.273. The monoisotopic (exact) mass is 286 g/mol. The summed E-state index contributed by atoms with van der Waals surface area (Å²) in [5.74, 6) is -0.0707. The lowest BCUT2D eigenvalue weighted by atomic mass is 10.0. The van der Waals surface area contributed by atoms with Gasteiger partial charge in [0.15, 0.2) is 0 Å². The van der Waals surface area contributed by atoms with Crippen molar-refractivity contribution in [2.24, 2.45) is 5.92 Å². The van der Waals surface area contributed by atoms with Crippen LogP contribution in [0.4, 0.5) is 0 Å². The fourth-order valence-electron chi connectivity index (χ4n) is 2.52. The lowest BCUT2D eigenvalue weighted by Crippen LogP contribution is -2.13. The summed E-state index contributed by atoms with van der Waals surface area (Å²) in [6.07, 6.45) is 0.692. The summed E-state index contributed by atoms with van der Waals surface area (Å²) in [4.78, 5) is 11.9. The average Bonchev–Trinajstić information content (AvgIpc) is 2.46. The number of benzene rings is 2. The topological polar surface area (TPSA) is 46.5 Å². The van der Waals surface area contributed by atoms with Crippen molar-refractivity contribution in [3.8, 4) is 0 Å². The maximum atomic E-state index is 11.9. The van der Waals surface area contributed by atoms with Gasteiger partial charge in [0, 0.05) is 13.0 Å². The van der Waals surface area contributed by atoms with Gasteiger partial charge in [-0.1, -0.05) is 49.4 Å². The minimum absolute atomic E-state index is 0.104. The van der Waals surface area contributed by atoms with Gasteiger partial charge in [0.25, 0.3) is 0 Å². The van der Waals surface area contributed by atoms with E-state index in [1.807, 2.05) is 44.2 Å². The average molecular weight is 286 g/mol. The molecule has 21 heavy (non-hydrogen) atoms. The largest absolute Gasteiger partial charge is 0.458 e. The highest BCUT2D eigenvalue weighted by Crippen LogP contribution is 2.27. The van der Waals surface area contributed by atoms with Gasteiger partial charge >= 0.3 is 5.97 Å². The molecule has 0 unspecified atom stereocenters. The molecule has 0 aliphatic rings. The second kappa shape index (κ2) is 7.23. The predicted octanol–water partition coefficient (Wildman–Crippen LogP) is 3.85. The molecule has 0 radical (unpaired) electrons. The van der Waals surface area contributed by atoms with Gasteiger partial charge in [0.05, 0.1) is 0 Å². The van der Waals surface area contributed by atoms with Gasteiger partial charge in [-0.05, 0) is 35.6 Å². The third kappa shape index (κ3) is 4.05. The summed E-state index contributed by atoms with van der Waals surface area (Å²) >= 11 is 0. The Morgan fingerprint density at radius 2 is 1.86 bits per heavy atom. The molecule has 2 aromatic rings. The third-order valence-corrected chi connectivity index (χ3v) is 3.71. The van der Waals surface area contributed by atoms with Crippen LogP contribution in [0.15, 0.2) is 42.5 Å².